The Balaban J connectivity index is 3.45. The third-order valence-corrected chi connectivity index (χ3v) is 14.8. The average molecular weight is 1110 g/mol. The number of hydrogen-bond acceptors (Lipinski definition) is 5. The van der Waals surface area contributed by atoms with Crippen LogP contribution in [-0.4, -0.2) is 36.4 Å². The van der Waals surface area contributed by atoms with Gasteiger partial charge in [-0.3, -0.25) is 9.59 Å². The van der Waals surface area contributed by atoms with Crippen LogP contribution in [0, 0.1) is 0 Å². The summed E-state index contributed by atoms with van der Waals surface area (Å²) in [5.74, 6) is -0.581. The first-order chi connectivity index (χ1) is 39.6. The van der Waals surface area contributed by atoms with Gasteiger partial charge in [0.05, 0.1) is 6.61 Å². The molecule has 0 aliphatic heterocycles. The molecule has 0 bridgehead atoms. The van der Waals surface area contributed by atoms with Gasteiger partial charge in [-0.1, -0.05) is 328 Å². The molecule has 0 saturated heterocycles. The molecule has 5 heteroatoms. The summed E-state index contributed by atoms with van der Waals surface area (Å²) >= 11 is 0. The van der Waals surface area contributed by atoms with Crippen molar-refractivity contribution in [3.05, 3.63) is 122 Å². The normalized spacial score (nSPS) is 13.0. The van der Waals surface area contributed by atoms with Gasteiger partial charge in [-0.25, -0.2) is 0 Å². The van der Waals surface area contributed by atoms with Crippen molar-refractivity contribution in [2.45, 2.75) is 328 Å². The van der Waals surface area contributed by atoms with E-state index < -0.39 is 6.10 Å². The van der Waals surface area contributed by atoms with Gasteiger partial charge in [0.1, 0.15) is 6.61 Å². The predicted molar refractivity (Wildman–Crippen MR) is 352 cm³/mol. The molecule has 1 N–H and O–H groups in total. The van der Waals surface area contributed by atoms with Crippen LogP contribution >= 0.6 is 0 Å². The highest BCUT2D eigenvalue weighted by Gasteiger charge is 2.16. The third-order valence-electron chi connectivity index (χ3n) is 14.8. The van der Waals surface area contributed by atoms with Crippen LogP contribution in [0.4, 0.5) is 0 Å². The quantitative estimate of drug-likeness (QED) is 0.0373. The van der Waals surface area contributed by atoms with Crippen molar-refractivity contribution in [3.8, 4) is 0 Å². The van der Waals surface area contributed by atoms with E-state index >= 15 is 0 Å². The zero-order chi connectivity index (χ0) is 57.6. The summed E-state index contributed by atoms with van der Waals surface area (Å²) in [4.78, 5) is 24.6. The Morgan fingerprint density at radius 2 is 0.500 bits per heavy atom. The summed E-state index contributed by atoms with van der Waals surface area (Å²) in [5, 5.41) is 9.70. The van der Waals surface area contributed by atoms with Crippen molar-refractivity contribution < 1.29 is 24.2 Å². The van der Waals surface area contributed by atoms with Crippen molar-refractivity contribution >= 4 is 11.9 Å². The van der Waals surface area contributed by atoms with E-state index in [4.69, 9.17) is 9.47 Å². The molecule has 80 heavy (non-hydrogen) atoms. The van der Waals surface area contributed by atoms with Gasteiger partial charge in [0.2, 0.25) is 0 Å². The molecule has 0 aliphatic carbocycles. The number of hydrogen-bond donors (Lipinski definition) is 1. The second kappa shape index (κ2) is 69.6. The van der Waals surface area contributed by atoms with Crippen molar-refractivity contribution in [1.82, 2.24) is 0 Å². The molecule has 0 amide bonds. The van der Waals surface area contributed by atoms with Crippen LogP contribution in [0.1, 0.15) is 322 Å². The second-order valence-electron chi connectivity index (χ2n) is 22.5. The third kappa shape index (κ3) is 66.8. The van der Waals surface area contributed by atoms with E-state index in [9.17, 15) is 14.7 Å². The second-order valence-corrected chi connectivity index (χ2v) is 22.5. The summed E-state index contributed by atoms with van der Waals surface area (Å²) in [6, 6.07) is 0. The highest BCUT2D eigenvalue weighted by atomic mass is 16.6. The van der Waals surface area contributed by atoms with E-state index in [1.807, 2.05) is 0 Å². The molecule has 458 valence electrons. The highest BCUT2D eigenvalue weighted by molar-refractivity contribution is 5.70. The summed E-state index contributed by atoms with van der Waals surface area (Å²) in [5.41, 5.74) is 0. The molecule has 5 nitrogen and oxygen atoms in total. The van der Waals surface area contributed by atoms with Gasteiger partial charge >= 0.3 is 11.9 Å². The van der Waals surface area contributed by atoms with E-state index in [0.717, 1.165) is 103 Å². The van der Waals surface area contributed by atoms with E-state index in [0.29, 0.717) is 12.8 Å². The summed E-state index contributed by atoms with van der Waals surface area (Å²) in [6.45, 7) is 3.94. The number of aliphatic hydroxyl groups is 1. The van der Waals surface area contributed by atoms with Crippen LogP contribution in [-0.2, 0) is 19.1 Å². The largest absolute Gasteiger partial charge is 0.462 e. The molecule has 0 aromatic heterocycles. The molecular formula is C75H128O5. The molecular weight excluding hydrogens is 981 g/mol. The molecule has 1 unspecified atom stereocenters. The molecule has 0 radical (unpaired) electrons. The van der Waals surface area contributed by atoms with Gasteiger partial charge in [0, 0.05) is 12.8 Å². The number of ether oxygens (including phenoxy) is 2. The van der Waals surface area contributed by atoms with E-state index in [-0.39, 0.29) is 25.2 Å². The Labute approximate surface area is 496 Å². The number of carbonyl (C=O) groups is 2. The first-order valence-corrected chi connectivity index (χ1v) is 34.1. The number of allylic oxidation sites excluding steroid dienone is 20. The predicted octanol–water partition coefficient (Wildman–Crippen LogP) is 23.8. The SMILES string of the molecule is CC/C=C\C/C=C\C/C=C\C/C=C\C/C=C\C/C=C\CCCCCCCCCCCCCCCCCCCCCCC(=O)OC(CO)COC(=O)CCCCCCCCCCCCCCCC/C=C\C/C=C\C/C=C\C/C=C\CC. The zero-order valence-electron chi connectivity index (χ0n) is 52.6. The zero-order valence-corrected chi connectivity index (χ0v) is 52.6. The van der Waals surface area contributed by atoms with Gasteiger partial charge in [0.15, 0.2) is 6.10 Å². The standard InChI is InChI=1S/C75H128O5/c1-3-5-7-9-11-13-15-17-19-21-23-25-27-29-31-32-33-34-35-36-37-38-39-40-41-42-44-46-48-50-52-54-56-58-60-62-64-66-68-70-75(78)80-73(71-76)72-79-74(77)69-67-65-63-61-59-57-55-53-51-49-47-45-43-30-28-26-24-22-20-18-16-14-12-10-8-6-4-2/h5-8,11-14,17-20,23-26,29,31,33-34,73,76H,3-4,9-10,15-16,21-22,27-28,30,32,35-72H2,1-2H3/b7-5-,8-6-,13-11-,14-12-,19-17-,20-18-,25-23-,26-24-,31-29-,34-33-. The summed E-state index contributed by atoms with van der Waals surface area (Å²) in [7, 11) is 0. The van der Waals surface area contributed by atoms with Crippen LogP contribution in [0.2, 0.25) is 0 Å². The van der Waals surface area contributed by atoms with Gasteiger partial charge in [-0.05, 0) is 103 Å². The van der Waals surface area contributed by atoms with Crippen molar-refractivity contribution in [1.29, 1.82) is 0 Å². The number of esters is 2. The van der Waals surface area contributed by atoms with E-state index in [2.05, 4.69) is 135 Å². The minimum atomic E-state index is -0.778. The summed E-state index contributed by atoms with van der Waals surface area (Å²) in [6.07, 6.45) is 102. The van der Waals surface area contributed by atoms with E-state index in [1.54, 1.807) is 0 Å². The van der Waals surface area contributed by atoms with Gasteiger partial charge in [-0.2, -0.15) is 0 Å². The number of rotatable bonds is 62. The Bertz CT molecular complexity index is 1590. The van der Waals surface area contributed by atoms with Crippen LogP contribution in [0.3, 0.4) is 0 Å². The van der Waals surface area contributed by atoms with Gasteiger partial charge < -0.3 is 14.6 Å². The lowest BCUT2D eigenvalue weighted by Gasteiger charge is -2.15. The minimum absolute atomic E-state index is 0.0672. The number of carbonyl (C=O) groups excluding carboxylic acids is 2. The Hall–Kier alpha value is -3.70. The number of aliphatic hydroxyl groups excluding tert-OH is 1. The highest BCUT2D eigenvalue weighted by Crippen LogP contribution is 2.18. The summed E-state index contributed by atoms with van der Waals surface area (Å²) < 4.78 is 10.8. The lowest BCUT2D eigenvalue weighted by molar-refractivity contribution is -0.161. The van der Waals surface area contributed by atoms with Crippen LogP contribution in [0.5, 0.6) is 0 Å². The fraction of sp³-hybridized carbons (Fsp3) is 0.707. The fourth-order valence-corrected chi connectivity index (χ4v) is 9.73. The molecule has 0 fully saturated rings. The van der Waals surface area contributed by atoms with Crippen molar-refractivity contribution in [3.63, 3.8) is 0 Å². The molecule has 0 spiro atoms. The molecule has 0 aliphatic rings. The molecule has 0 rings (SSSR count). The first-order valence-electron chi connectivity index (χ1n) is 34.1. The van der Waals surface area contributed by atoms with Crippen molar-refractivity contribution in [2.24, 2.45) is 0 Å². The van der Waals surface area contributed by atoms with Crippen LogP contribution in [0.25, 0.3) is 0 Å². The maximum Gasteiger partial charge on any atom is 0.306 e. The topological polar surface area (TPSA) is 72.8 Å². The van der Waals surface area contributed by atoms with Crippen molar-refractivity contribution in [2.75, 3.05) is 13.2 Å². The fourth-order valence-electron chi connectivity index (χ4n) is 9.73. The Kier molecular flexibility index (Phi) is 66.4. The van der Waals surface area contributed by atoms with Gasteiger partial charge in [-0.15, -0.1) is 0 Å². The number of unbranched alkanes of at least 4 members (excludes halogenated alkanes) is 34. The van der Waals surface area contributed by atoms with Gasteiger partial charge in [0.25, 0.3) is 0 Å². The Morgan fingerprint density at radius 1 is 0.287 bits per heavy atom. The monoisotopic (exact) mass is 1110 g/mol. The maximum atomic E-state index is 12.4. The lowest BCUT2D eigenvalue weighted by atomic mass is 10.0. The molecule has 0 aromatic carbocycles. The Morgan fingerprint density at radius 3 is 0.750 bits per heavy atom. The van der Waals surface area contributed by atoms with Crippen LogP contribution < -0.4 is 0 Å². The molecule has 0 saturated carbocycles. The van der Waals surface area contributed by atoms with E-state index in [1.165, 1.54) is 193 Å². The average Bonchev–Trinajstić information content (AvgIpc) is 3.46. The molecule has 1 atom stereocenters. The van der Waals surface area contributed by atoms with Crippen LogP contribution in [0.15, 0.2) is 122 Å². The maximum absolute atomic E-state index is 12.4. The molecule has 0 heterocycles. The molecule has 0 aromatic rings. The smallest absolute Gasteiger partial charge is 0.306 e. The first kappa shape index (κ1) is 76.3. The lowest BCUT2D eigenvalue weighted by Crippen LogP contribution is -2.28. The minimum Gasteiger partial charge on any atom is -0.462 e.